The Balaban J connectivity index is 1.54. The number of carbonyl (C=O) groups excluding carboxylic acids is 2. The minimum Gasteiger partial charge on any atom is -0.474 e. The van der Waals surface area contributed by atoms with Crippen LogP contribution in [0.2, 0.25) is 5.02 Å². The maximum Gasteiger partial charge on any atom is 0.253 e. The van der Waals surface area contributed by atoms with Crippen LogP contribution in [-0.4, -0.2) is 65.6 Å². The monoisotopic (exact) mass is 459 g/mol. The van der Waals surface area contributed by atoms with Crippen LogP contribution in [0.5, 0.6) is 5.88 Å². The molecule has 32 heavy (non-hydrogen) atoms. The number of nitrogens with zero attached hydrogens (tertiary/aromatic N) is 3. The molecule has 2 amide bonds. The molecule has 1 aliphatic heterocycles. The third-order valence-electron chi connectivity index (χ3n) is 4.78. The van der Waals surface area contributed by atoms with E-state index in [1.807, 2.05) is 6.92 Å². The second kappa shape index (κ2) is 11.4. The van der Waals surface area contributed by atoms with E-state index in [-0.39, 0.29) is 17.9 Å². The number of amides is 2. The lowest BCUT2D eigenvalue weighted by molar-refractivity contribution is -0.111. The number of anilines is 2. The lowest BCUT2D eigenvalue weighted by Gasteiger charge is -2.18. The molecule has 0 spiro atoms. The average Bonchev–Trinajstić information content (AvgIpc) is 3.27. The van der Waals surface area contributed by atoms with Gasteiger partial charge in [-0.2, -0.15) is 4.98 Å². The molecule has 2 aromatic rings. The van der Waals surface area contributed by atoms with Gasteiger partial charge in [-0.05, 0) is 43.7 Å². The average molecular weight is 460 g/mol. The standard InChI is InChI=1S/C22H26ClN5O4/c1-3-19(29)25-16-7-5-15(6-8-16)21(30)28-10-9-17(14-28)26-22-24-13-18(23)20(27-22)32-12-11-31-4-2/h3,5-8,13,17H,1,4,9-12,14H2,2H3,(H,25,29)(H,24,26,27)/t17-/m1/s1. The van der Waals surface area contributed by atoms with Crippen LogP contribution >= 0.6 is 11.6 Å². The van der Waals surface area contributed by atoms with Gasteiger partial charge in [0.1, 0.15) is 11.6 Å². The number of ether oxygens (including phenoxy) is 2. The SMILES string of the molecule is C=CC(=O)Nc1ccc(C(=O)N2CC[C@@H](Nc3ncc(Cl)c(OCCOCC)n3)C2)cc1. The van der Waals surface area contributed by atoms with Gasteiger partial charge >= 0.3 is 0 Å². The summed E-state index contributed by atoms with van der Waals surface area (Å²) < 4.78 is 10.8. The first-order valence-corrected chi connectivity index (χ1v) is 10.7. The first kappa shape index (κ1) is 23.5. The molecule has 2 N–H and O–H groups in total. The molecule has 1 aliphatic rings. The largest absolute Gasteiger partial charge is 0.474 e. The lowest BCUT2D eigenvalue weighted by Crippen LogP contribution is -2.31. The molecular formula is C22H26ClN5O4. The highest BCUT2D eigenvalue weighted by Crippen LogP contribution is 2.23. The molecule has 9 nitrogen and oxygen atoms in total. The fourth-order valence-electron chi connectivity index (χ4n) is 3.18. The zero-order valence-electron chi connectivity index (χ0n) is 17.8. The van der Waals surface area contributed by atoms with Crippen LogP contribution in [-0.2, 0) is 9.53 Å². The Morgan fingerprint density at radius 1 is 1.31 bits per heavy atom. The molecular weight excluding hydrogens is 434 g/mol. The Hall–Kier alpha value is -3.17. The summed E-state index contributed by atoms with van der Waals surface area (Å²) in [5.41, 5.74) is 1.15. The van der Waals surface area contributed by atoms with Crippen LogP contribution in [0.15, 0.2) is 43.1 Å². The smallest absolute Gasteiger partial charge is 0.253 e. The number of nitrogens with one attached hydrogen (secondary N) is 2. The number of aromatic nitrogens is 2. The van der Waals surface area contributed by atoms with Crippen molar-refractivity contribution < 1.29 is 19.1 Å². The van der Waals surface area contributed by atoms with E-state index in [4.69, 9.17) is 21.1 Å². The molecule has 1 saturated heterocycles. The van der Waals surface area contributed by atoms with Gasteiger partial charge in [0, 0.05) is 37.0 Å². The maximum atomic E-state index is 12.8. The van der Waals surface area contributed by atoms with Crippen LogP contribution in [0.4, 0.5) is 11.6 Å². The molecule has 0 saturated carbocycles. The summed E-state index contributed by atoms with van der Waals surface area (Å²) in [7, 11) is 0. The minimum absolute atomic E-state index is 0.00236. The van der Waals surface area contributed by atoms with Crippen molar-refractivity contribution in [2.24, 2.45) is 0 Å². The quantitative estimate of drug-likeness (QED) is 0.415. The molecule has 2 heterocycles. The van der Waals surface area contributed by atoms with Crippen molar-refractivity contribution in [3.05, 3.63) is 53.7 Å². The Morgan fingerprint density at radius 3 is 2.81 bits per heavy atom. The summed E-state index contributed by atoms with van der Waals surface area (Å²) in [6.07, 6.45) is 3.43. The zero-order chi connectivity index (χ0) is 22.9. The normalized spacial score (nSPS) is 15.3. The third-order valence-corrected chi connectivity index (χ3v) is 5.04. The Bertz CT molecular complexity index is 954. The van der Waals surface area contributed by atoms with Crippen molar-refractivity contribution in [3.8, 4) is 5.88 Å². The van der Waals surface area contributed by atoms with Crippen LogP contribution in [0.25, 0.3) is 0 Å². The summed E-state index contributed by atoms with van der Waals surface area (Å²) in [6, 6.07) is 6.76. The van der Waals surface area contributed by atoms with Gasteiger partial charge in [0.15, 0.2) is 0 Å². The predicted octanol–water partition coefficient (Wildman–Crippen LogP) is 3.00. The number of likely N-dealkylation sites (tertiary alicyclic amines) is 1. The fraction of sp³-hybridized carbons (Fsp3) is 0.364. The van der Waals surface area contributed by atoms with E-state index in [2.05, 4.69) is 27.2 Å². The van der Waals surface area contributed by atoms with E-state index in [1.54, 1.807) is 29.2 Å². The van der Waals surface area contributed by atoms with Crippen LogP contribution in [0, 0.1) is 0 Å². The summed E-state index contributed by atoms with van der Waals surface area (Å²) >= 11 is 6.11. The van der Waals surface area contributed by atoms with E-state index in [0.29, 0.717) is 61.0 Å². The Kier molecular flexibility index (Phi) is 8.41. The van der Waals surface area contributed by atoms with Gasteiger partial charge in [-0.1, -0.05) is 18.2 Å². The van der Waals surface area contributed by atoms with Crippen molar-refractivity contribution in [2.45, 2.75) is 19.4 Å². The molecule has 1 aromatic heterocycles. The zero-order valence-corrected chi connectivity index (χ0v) is 18.6. The minimum atomic E-state index is -0.301. The highest BCUT2D eigenvalue weighted by atomic mass is 35.5. The van der Waals surface area contributed by atoms with Crippen molar-refractivity contribution in [1.82, 2.24) is 14.9 Å². The van der Waals surface area contributed by atoms with Gasteiger partial charge in [0.25, 0.3) is 5.91 Å². The molecule has 1 atom stereocenters. The summed E-state index contributed by atoms with van der Waals surface area (Å²) in [5.74, 6) is 0.304. The van der Waals surface area contributed by atoms with Crippen LogP contribution < -0.4 is 15.4 Å². The molecule has 3 rings (SSSR count). The van der Waals surface area contributed by atoms with E-state index in [9.17, 15) is 9.59 Å². The van der Waals surface area contributed by atoms with Gasteiger partial charge in [0.2, 0.25) is 17.7 Å². The number of halogens is 1. The Labute approximate surface area is 191 Å². The highest BCUT2D eigenvalue weighted by molar-refractivity contribution is 6.31. The predicted molar refractivity (Wildman–Crippen MR) is 122 cm³/mol. The highest BCUT2D eigenvalue weighted by Gasteiger charge is 2.27. The molecule has 10 heteroatoms. The third kappa shape index (κ3) is 6.41. The number of hydrogen-bond acceptors (Lipinski definition) is 7. The van der Waals surface area contributed by atoms with Gasteiger partial charge in [-0.3, -0.25) is 9.59 Å². The summed E-state index contributed by atoms with van der Waals surface area (Å²) in [5, 5.41) is 6.22. The molecule has 0 radical (unpaired) electrons. The van der Waals surface area contributed by atoms with Gasteiger partial charge in [-0.25, -0.2) is 4.98 Å². The second-order valence-electron chi connectivity index (χ2n) is 7.04. The molecule has 1 fully saturated rings. The van der Waals surface area contributed by atoms with E-state index in [0.717, 1.165) is 6.42 Å². The molecule has 0 aliphatic carbocycles. The number of benzene rings is 1. The Morgan fingerprint density at radius 2 is 2.09 bits per heavy atom. The van der Waals surface area contributed by atoms with Crippen molar-refractivity contribution >= 4 is 35.1 Å². The van der Waals surface area contributed by atoms with Gasteiger partial charge in [0.05, 0.1) is 12.8 Å². The van der Waals surface area contributed by atoms with Gasteiger partial charge in [-0.15, -0.1) is 0 Å². The number of carbonyl (C=O) groups is 2. The fourth-order valence-corrected chi connectivity index (χ4v) is 3.33. The summed E-state index contributed by atoms with van der Waals surface area (Å²) in [6.45, 7) is 7.84. The molecule has 1 aromatic carbocycles. The second-order valence-corrected chi connectivity index (χ2v) is 7.45. The van der Waals surface area contributed by atoms with E-state index >= 15 is 0 Å². The van der Waals surface area contributed by atoms with E-state index < -0.39 is 0 Å². The molecule has 0 bridgehead atoms. The van der Waals surface area contributed by atoms with Crippen molar-refractivity contribution in [1.29, 1.82) is 0 Å². The van der Waals surface area contributed by atoms with Crippen LogP contribution in [0.1, 0.15) is 23.7 Å². The topological polar surface area (TPSA) is 106 Å². The van der Waals surface area contributed by atoms with Crippen molar-refractivity contribution in [3.63, 3.8) is 0 Å². The van der Waals surface area contributed by atoms with E-state index in [1.165, 1.54) is 12.3 Å². The maximum absolute atomic E-state index is 12.8. The van der Waals surface area contributed by atoms with Crippen molar-refractivity contribution in [2.75, 3.05) is 43.5 Å². The number of hydrogen-bond donors (Lipinski definition) is 2. The van der Waals surface area contributed by atoms with Gasteiger partial charge < -0.3 is 25.0 Å². The lowest BCUT2D eigenvalue weighted by atomic mass is 10.2. The molecule has 0 unspecified atom stereocenters. The van der Waals surface area contributed by atoms with Crippen LogP contribution in [0.3, 0.4) is 0 Å². The number of rotatable bonds is 10. The summed E-state index contributed by atoms with van der Waals surface area (Å²) in [4.78, 5) is 34.5. The first-order valence-electron chi connectivity index (χ1n) is 10.3. The molecule has 170 valence electrons. The first-order chi connectivity index (χ1) is 15.5.